The van der Waals surface area contributed by atoms with E-state index in [1.54, 1.807) is 0 Å². The van der Waals surface area contributed by atoms with E-state index in [0.29, 0.717) is 0 Å². The van der Waals surface area contributed by atoms with Crippen LogP contribution in [0.15, 0.2) is 185 Å². The number of nitrogens with one attached hydrogen (secondary N) is 1. The molecule has 0 radical (unpaired) electrons. The zero-order valence-corrected chi connectivity index (χ0v) is 34.4. The molecule has 13 rings (SSSR count). The molecule has 1 aliphatic heterocycles. The van der Waals surface area contributed by atoms with Crippen LogP contribution >= 0.6 is 0 Å². The fourth-order valence-corrected chi connectivity index (χ4v) is 11.2. The smallest absolute Gasteiger partial charge is 0.171 e. The van der Waals surface area contributed by atoms with Gasteiger partial charge in [0.1, 0.15) is 11.7 Å². The molecule has 0 spiro atoms. The number of amidine groups is 2. The summed E-state index contributed by atoms with van der Waals surface area (Å²) >= 11 is 0. The molecule has 6 aliphatic carbocycles. The summed E-state index contributed by atoms with van der Waals surface area (Å²) in [6, 6.07) is 35.5. The van der Waals surface area contributed by atoms with Crippen LogP contribution in [-0.4, -0.2) is 20.8 Å². The van der Waals surface area contributed by atoms with Crippen molar-refractivity contribution in [2.24, 2.45) is 27.7 Å². The van der Waals surface area contributed by atoms with Gasteiger partial charge in [0.15, 0.2) is 6.17 Å². The van der Waals surface area contributed by atoms with Crippen LogP contribution < -0.4 is 15.9 Å². The van der Waals surface area contributed by atoms with Gasteiger partial charge in [0.2, 0.25) is 0 Å². The van der Waals surface area contributed by atoms with Crippen LogP contribution in [0.25, 0.3) is 57.5 Å². The first kappa shape index (κ1) is 35.5. The van der Waals surface area contributed by atoms with Crippen molar-refractivity contribution in [3.63, 3.8) is 0 Å². The second-order valence-electron chi connectivity index (χ2n) is 17.5. The van der Waals surface area contributed by atoms with E-state index in [0.717, 1.165) is 48.6 Å². The first-order chi connectivity index (χ1) is 30.7. The molecule has 2 aromatic heterocycles. The van der Waals surface area contributed by atoms with Crippen LogP contribution in [0.1, 0.15) is 59.3 Å². The molecule has 4 aromatic carbocycles. The molecule has 5 nitrogen and oxygen atoms in total. The van der Waals surface area contributed by atoms with Crippen LogP contribution in [0.3, 0.4) is 0 Å². The number of rotatable bonds is 5. The number of hydrogen-bond acceptors (Lipinski definition) is 3. The highest BCUT2D eigenvalue weighted by atomic mass is 15.2. The topological polar surface area (TPSA) is 46.6 Å². The Morgan fingerprint density at radius 1 is 0.645 bits per heavy atom. The average Bonchev–Trinajstić information content (AvgIpc) is 3.85. The van der Waals surface area contributed by atoms with Gasteiger partial charge in [-0.25, -0.2) is 9.98 Å². The normalized spacial score (nSPS) is 23.9. The summed E-state index contributed by atoms with van der Waals surface area (Å²) < 4.78 is 5.01. The summed E-state index contributed by atoms with van der Waals surface area (Å²) in [7, 11) is 0. The van der Waals surface area contributed by atoms with E-state index >= 15 is 0 Å². The number of allylic oxidation sites excluding steroid dienone is 12. The molecule has 0 saturated carbocycles. The Bertz CT molecular complexity index is 3360. The number of aromatic nitrogens is 2. The Morgan fingerprint density at radius 2 is 1.42 bits per heavy atom. The second kappa shape index (κ2) is 14.2. The molecule has 7 aliphatic rings. The molecular formula is C57H45N5. The molecule has 298 valence electrons. The van der Waals surface area contributed by atoms with Crippen LogP contribution in [0, 0.1) is 17.8 Å². The third-order valence-corrected chi connectivity index (χ3v) is 14.1. The highest BCUT2D eigenvalue weighted by molar-refractivity contribution is 6.14. The first-order valence-corrected chi connectivity index (χ1v) is 22.3. The molecule has 0 fully saturated rings. The van der Waals surface area contributed by atoms with Crippen molar-refractivity contribution in [1.82, 2.24) is 14.5 Å². The lowest BCUT2D eigenvalue weighted by Gasteiger charge is -2.35. The van der Waals surface area contributed by atoms with E-state index in [-0.39, 0.29) is 23.7 Å². The summed E-state index contributed by atoms with van der Waals surface area (Å²) in [4.78, 5) is 11.1. The molecule has 0 amide bonds. The van der Waals surface area contributed by atoms with Crippen molar-refractivity contribution in [2.75, 3.05) is 0 Å². The van der Waals surface area contributed by atoms with E-state index in [4.69, 9.17) is 9.98 Å². The van der Waals surface area contributed by atoms with Crippen molar-refractivity contribution < 1.29 is 0 Å². The molecule has 0 saturated heterocycles. The third kappa shape index (κ3) is 5.54. The molecule has 5 heteroatoms. The Morgan fingerprint density at radius 3 is 2.31 bits per heavy atom. The number of aliphatic imine (C=N–C) groups is 2. The van der Waals surface area contributed by atoms with E-state index < -0.39 is 6.17 Å². The minimum Gasteiger partial charge on any atom is -0.328 e. The number of para-hydroxylation sites is 3. The van der Waals surface area contributed by atoms with E-state index in [1.807, 2.05) is 0 Å². The zero-order chi connectivity index (χ0) is 40.7. The van der Waals surface area contributed by atoms with Gasteiger partial charge in [0.05, 0.1) is 22.1 Å². The van der Waals surface area contributed by atoms with Crippen molar-refractivity contribution in [2.45, 2.75) is 37.8 Å². The van der Waals surface area contributed by atoms with Gasteiger partial charge < -0.3 is 14.5 Å². The van der Waals surface area contributed by atoms with Gasteiger partial charge in [-0.3, -0.25) is 0 Å². The fraction of sp³-hybridized carbons (Fsp3) is 0.158. The summed E-state index contributed by atoms with van der Waals surface area (Å²) in [6.07, 6.45) is 38.2. The Kier molecular flexibility index (Phi) is 8.12. The average molecular weight is 800 g/mol. The van der Waals surface area contributed by atoms with Crippen LogP contribution in [0.5, 0.6) is 0 Å². The van der Waals surface area contributed by atoms with Gasteiger partial charge in [0.25, 0.3) is 0 Å². The number of benzene rings is 4. The predicted molar refractivity (Wildman–Crippen MR) is 257 cm³/mol. The maximum absolute atomic E-state index is 5.59. The fourth-order valence-electron chi connectivity index (χ4n) is 11.2. The van der Waals surface area contributed by atoms with Gasteiger partial charge in [-0.2, -0.15) is 0 Å². The molecular weight excluding hydrogens is 755 g/mol. The SMILES string of the molecule is C1=CCC(C2=NC(c3ccccc3-n3c4c(c5ccccc53)=CC3CC(n5c6c(c7ccccc75)CCC=C6)=CC=C3C=4)N=C(C3=Cc4ccccc4C4C=CC=CC34)N2)C=C1. The van der Waals surface area contributed by atoms with Crippen molar-refractivity contribution >= 4 is 63.5 Å². The predicted octanol–water partition coefficient (Wildman–Crippen LogP) is 11.1. The minimum atomic E-state index is -0.440. The lowest BCUT2D eigenvalue weighted by molar-refractivity contribution is 0.660. The third-order valence-electron chi connectivity index (χ3n) is 14.1. The summed E-state index contributed by atoms with van der Waals surface area (Å²) in [5.74, 6) is 2.70. The van der Waals surface area contributed by atoms with Gasteiger partial charge in [-0.15, -0.1) is 0 Å². The van der Waals surface area contributed by atoms with E-state index in [2.05, 4.69) is 203 Å². The minimum absolute atomic E-state index is 0.136. The van der Waals surface area contributed by atoms with Gasteiger partial charge in [-0.1, -0.05) is 146 Å². The molecule has 0 bridgehead atoms. The highest BCUT2D eigenvalue weighted by Crippen LogP contribution is 2.44. The number of nitrogens with zero attached hydrogens (tertiary/aromatic N) is 4. The lowest BCUT2D eigenvalue weighted by Crippen LogP contribution is -2.42. The van der Waals surface area contributed by atoms with Crippen molar-refractivity contribution in [1.29, 1.82) is 0 Å². The van der Waals surface area contributed by atoms with Crippen LogP contribution in [0.4, 0.5) is 0 Å². The number of aryl methyl sites for hydroxylation is 1. The van der Waals surface area contributed by atoms with E-state index in [1.165, 1.54) is 71.6 Å². The molecule has 6 aromatic rings. The molecule has 1 N–H and O–H groups in total. The highest BCUT2D eigenvalue weighted by Gasteiger charge is 2.35. The van der Waals surface area contributed by atoms with Crippen molar-refractivity contribution in [3.05, 3.63) is 214 Å². The molecule has 5 unspecified atom stereocenters. The van der Waals surface area contributed by atoms with Gasteiger partial charge in [-0.05, 0) is 90.4 Å². The first-order valence-electron chi connectivity index (χ1n) is 22.3. The van der Waals surface area contributed by atoms with Crippen molar-refractivity contribution in [3.8, 4) is 5.69 Å². The Labute approximate surface area is 361 Å². The molecule has 3 heterocycles. The quantitative estimate of drug-likeness (QED) is 0.185. The number of hydrogen-bond donors (Lipinski definition) is 1. The monoisotopic (exact) mass is 799 g/mol. The summed E-state index contributed by atoms with van der Waals surface area (Å²) in [5, 5.41) is 8.97. The molecule has 5 atom stereocenters. The summed E-state index contributed by atoms with van der Waals surface area (Å²) in [6.45, 7) is 0. The van der Waals surface area contributed by atoms with Crippen LogP contribution in [-0.2, 0) is 6.42 Å². The lowest BCUT2D eigenvalue weighted by atomic mass is 9.72. The van der Waals surface area contributed by atoms with Gasteiger partial charge in [0, 0.05) is 62.2 Å². The van der Waals surface area contributed by atoms with Crippen LogP contribution in [0.2, 0.25) is 0 Å². The maximum Gasteiger partial charge on any atom is 0.171 e. The summed E-state index contributed by atoms with van der Waals surface area (Å²) in [5.41, 5.74) is 14.0. The van der Waals surface area contributed by atoms with E-state index in [9.17, 15) is 0 Å². The molecule has 62 heavy (non-hydrogen) atoms. The Balaban J connectivity index is 0.963. The standard InChI is InChI=1S/C57H45N5/c1-2-16-36(17-3-1)55-58-56(60-57(59-55)49-33-38-18-4-5-19-41(38)42-20-6-7-21-43(42)49)47-25-11-15-29-53(47)62-52-28-14-10-24-46(52)48-34-39-32-40(31-30-37(39)35-54(48)62)61-50-26-12-8-22-44(50)45-23-9-13-27-51(45)61/h1-8,10-16,18-22,24-31,33-36,39,42-43,56H,9,17,23,32H2,(H,58,59,60). The second-order valence-corrected chi connectivity index (χ2v) is 17.5. The largest absolute Gasteiger partial charge is 0.328 e. The maximum atomic E-state index is 5.59. The van der Waals surface area contributed by atoms with Gasteiger partial charge >= 0.3 is 0 Å². The zero-order valence-electron chi connectivity index (χ0n) is 34.4. The number of fused-ring (bicyclic) bond motifs is 10. The Hall–Kier alpha value is -7.24.